The van der Waals surface area contributed by atoms with Crippen LogP contribution < -0.4 is 21.7 Å². The maximum atomic E-state index is 12.5. The number of hydrogen-bond acceptors (Lipinski definition) is 4. The molecular formula is C18H27N5O2. The van der Waals surface area contributed by atoms with Crippen molar-refractivity contribution in [3.63, 3.8) is 0 Å². The first-order chi connectivity index (χ1) is 12.1. The Morgan fingerprint density at radius 1 is 1.16 bits per heavy atom. The standard InChI is InChI=1S/C18H27N5O2/c19-14-5-3-13(4-6-14)12-21-17(24)16-2-1-11-23(16)18(25)22-15-7-9-20-10-8-15/h3-6,15-16,20H,1-2,7-12,19H2,(H,21,24)(H,22,25). The predicted octanol–water partition coefficient (Wildman–Crippen LogP) is 0.811. The molecule has 25 heavy (non-hydrogen) atoms. The van der Waals surface area contributed by atoms with Crippen LogP contribution in [0.3, 0.4) is 0 Å². The first-order valence-electron chi connectivity index (χ1n) is 9.03. The van der Waals surface area contributed by atoms with Gasteiger partial charge in [0.25, 0.3) is 0 Å². The Morgan fingerprint density at radius 2 is 1.88 bits per heavy atom. The summed E-state index contributed by atoms with van der Waals surface area (Å²) in [4.78, 5) is 26.7. The number of benzene rings is 1. The van der Waals surface area contributed by atoms with Gasteiger partial charge >= 0.3 is 6.03 Å². The Balaban J connectivity index is 1.51. The average Bonchev–Trinajstić information content (AvgIpc) is 3.12. The highest BCUT2D eigenvalue weighted by atomic mass is 16.2. The number of rotatable bonds is 4. The van der Waals surface area contributed by atoms with Crippen molar-refractivity contribution < 1.29 is 9.59 Å². The van der Waals surface area contributed by atoms with Gasteiger partial charge in [-0.05, 0) is 56.5 Å². The molecule has 3 amide bonds. The van der Waals surface area contributed by atoms with E-state index >= 15 is 0 Å². The normalized spacial score (nSPS) is 21.1. The fraction of sp³-hybridized carbons (Fsp3) is 0.556. The number of nitrogens with two attached hydrogens (primary N) is 1. The minimum Gasteiger partial charge on any atom is -0.399 e. The molecule has 2 saturated heterocycles. The summed E-state index contributed by atoms with van der Waals surface area (Å²) in [5.74, 6) is -0.0882. The first kappa shape index (κ1) is 17.5. The van der Waals surface area contributed by atoms with Crippen LogP contribution in [-0.2, 0) is 11.3 Å². The van der Waals surface area contributed by atoms with E-state index in [0.29, 0.717) is 25.2 Å². The van der Waals surface area contributed by atoms with Crippen LogP contribution in [0.1, 0.15) is 31.2 Å². The summed E-state index contributed by atoms with van der Waals surface area (Å²) in [5, 5.41) is 9.30. The van der Waals surface area contributed by atoms with Crippen LogP contribution >= 0.6 is 0 Å². The molecule has 2 fully saturated rings. The van der Waals surface area contributed by atoms with Crippen LogP contribution in [0.5, 0.6) is 0 Å². The lowest BCUT2D eigenvalue weighted by Crippen LogP contribution is -2.53. The van der Waals surface area contributed by atoms with Crippen molar-refractivity contribution in [3.05, 3.63) is 29.8 Å². The Morgan fingerprint density at radius 3 is 2.60 bits per heavy atom. The van der Waals surface area contributed by atoms with Crippen LogP contribution in [0, 0.1) is 0 Å². The summed E-state index contributed by atoms with van der Waals surface area (Å²) < 4.78 is 0. The molecule has 3 rings (SSSR count). The van der Waals surface area contributed by atoms with Crippen LogP contribution in [0.15, 0.2) is 24.3 Å². The highest BCUT2D eigenvalue weighted by Gasteiger charge is 2.34. The summed E-state index contributed by atoms with van der Waals surface area (Å²) >= 11 is 0. The summed E-state index contributed by atoms with van der Waals surface area (Å²) in [5.41, 5.74) is 7.36. The van der Waals surface area contributed by atoms with Crippen molar-refractivity contribution in [3.8, 4) is 0 Å². The van der Waals surface area contributed by atoms with E-state index in [0.717, 1.165) is 37.9 Å². The highest BCUT2D eigenvalue weighted by Crippen LogP contribution is 2.18. The van der Waals surface area contributed by atoms with Gasteiger partial charge in [-0.3, -0.25) is 4.79 Å². The van der Waals surface area contributed by atoms with Gasteiger partial charge in [-0.25, -0.2) is 4.79 Å². The summed E-state index contributed by atoms with van der Waals surface area (Å²) in [6.45, 7) is 2.93. The number of urea groups is 1. The second-order valence-electron chi connectivity index (χ2n) is 6.78. The van der Waals surface area contributed by atoms with Crippen molar-refractivity contribution in [2.24, 2.45) is 0 Å². The molecule has 5 N–H and O–H groups in total. The first-order valence-corrected chi connectivity index (χ1v) is 9.03. The molecule has 1 aromatic rings. The molecule has 7 heteroatoms. The maximum absolute atomic E-state index is 12.5. The van der Waals surface area contributed by atoms with Crippen molar-refractivity contribution in [1.29, 1.82) is 0 Å². The lowest BCUT2D eigenvalue weighted by atomic mass is 10.1. The number of nitrogens with zero attached hydrogens (tertiary/aromatic N) is 1. The van der Waals surface area contributed by atoms with Crippen molar-refractivity contribution in [2.75, 3.05) is 25.4 Å². The molecule has 136 valence electrons. The molecule has 0 spiro atoms. The number of carbonyl (C=O) groups excluding carboxylic acids is 2. The van der Waals surface area contributed by atoms with E-state index in [4.69, 9.17) is 5.73 Å². The zero-order valence-corrected chi connectivity index (χ0v) is 14.5. The van der Waals surface area contributed by atoms with Gasteiger partial charge in [0.15, 0.2) is 0 Å². The monoisotopic (exact) mass is 345 g/mol. The summed E-state index contributed by atoms with van der Waals surface area (Å²) in [6, 6.07) is 7.13. The van der Waals surface area contributed by atoms with Gasteiger partial charge in [-0.15, -0.1) is 0 Å². The van der Waals surface area contributed by atoms with Gasteiger partial charge in [0.1, 0.15) is 6.04 Å². The van der Waals surface area contributed by atoms with E-state index in [1.165, 1.54) is 0 Å². The zero-order chi connectivity index (χ0) is 17.6. The van der Waals surface area contributed by atoms with Gasteiger partial charge in [0.05, 0.1) is 0 Å². The van der Waals surface area contributed by atoms with E-state index in [2.05, 4.69) is 16.0 Å². The van der Waals surface area contributed by atoms with E-state index in [-0.39, 0.29) is 24.0 Å². The molecule has 7 nitrogen and oxygen atoms in total. The van der Waals surface area contributed by atoms with Crippen LogP contribution in [0.25, 0.3) is 0 Å². The molecule has 1 atom stereocenters. The number of nitrogen functional groups attached to an aromatic ring is 1. The zero-order valence-electron chi connectivity index (χ0n) is 14.5. The lowest BCUT2D eigenvalue weighted by molar-refractivity contribution is -0.124. The third kappa shape index (κ3) is 4.63. The number of hydrogen-bond donors (Lipinski definition) is 4. The fourth-order valence-corrected chi connectivity index (χ4v) is 3.45. The van der Waals surface area contributed by atoms with Crippen molar-refractivity contribution >= 4 is 17.6 Å². The predicted molar refractivity (Wildman–Crippen MR) is 96.9 cm³/mol. The third-order valence-corrected chi connectivity index (χ3v) is 4.93. The van der Waals surface area contributed by atoms with Gasteiger partial charge in [0, 0.05) is 24.8 Å². The van der Waals surface area contributed by atoms with Gasteiger partial charge < -0.3 is 26.6 Å². The molecule has 1 aromatic carbocycles. The van der Waals surface area contributed by atoms with E-state index in [1.807, 2.05) is 24.3 Å². The fourth-order valence-electron chi connectivity index (χ4n) is 3.45. The van der Waals surface area contributed by atoms with Crippen LogP contribution in [0.4, 0.5) is 10.5 Å². The number of nitrogens with one attached hydrogen (secondary N) is 3. The number of piperidine rings is 1. The highest BCUT2D eigenvalue weighted by molar-refractivity contribution is 5.87. The molecule has 0 aliphatic carbocycles. The summed E-state index contributed by atoms with van der Waals surface area (Å²) in [7, 11) is 0. The molecule has 0 bridgehead atoms. The van der Waals surface area contributed by atoms with Crippen LogP contribution in [-0.4, -0.2) is 48.6 Å². The number of anilines is 1. The second kappa shape index (κ2) is 8.20. The SMILES string of the molecule is Nc1ccc(CNC(=O)C2CCCN2C(=O)NC2CCNCC2)cc1. The Labute approximate surface area is 148 Å². The minimum absolute atomic E-state index is 0.0882. The number of carbonyl (C=O) groups is 2. The molecule has 2 aliphatic rings. The largest absolute Gasteiger partial charge is 0.399 e. The van der Waals surface area contributed by atoms with Crippen molar-refractivity contribution in [2.45, 2.75) is 44.3 Å². The van der Waals surface area contributed by atoms with Gasteiger partial charge in [-0.1, -0.05) is 12.1 Å². The second-order valence-corrected chi connectivity index (χ2v) is 6.78. The number of amides is 3. The number of likely N-dealkylation sites (tertiary alicyclic amines) is 1. The van der Waals surface area contributed by atoms with Gasteiger partial charge in [-0.2, -0.15) is 0 Å². The average molecular weight is 345 g/mol. The van der Waals surface area contributed by atoms with Crippen molar-refractivity contribution in [1.82, 2.24) is 20.9 Å². The lowest BCUT2D eigenvalue weighted by Gasteiger charge is -2.29. The summed E-state index contributed by atoms with van der Waals surface area (Å²) in [6.07, 6.45) is 3.45. The van der Waals surface area contributed by atoms with E-state index < -0.39 is 0 Å². The molecule has 0 radical (unpaired) electrons. The topological polar surface area (TPSA) is 99.5 Å². The molecule has 0 aromatic heterocycles. The molecule has 2 heterocycles. The molecular weight excluding hydrogens is 318 g/mol. The van der Waals surface area contributed by atoms with Crippen LogP contribution in [0.2, 0.25) is 0 Å². The maximum Gasteiger partial charge on any atom is 0.318 e. The minimum atomic E-state index is -0.379. The smallest absolute Gasteiger partial charge is 0.318 e. The molecule has 0 saturated carbocycles. The quantitative estimate of drug-likeness (QED) is 0.607. The third-order valence-electron chi connectivity index (χ3n) is 4.93. The molecule has 2 aliphatic heterocycles. The van der Waals surface area contributed by atoms with E-state index in [1.54, 1.807) is 4.90 Å². The Bertz CT molecular complexity index is 598. The van der Waals surface area contributed by atoms with Gasteiger partial charge in [0.2, 0.25) is 5.91 Å². The van der Waals surface area contributed by atoms with E-state index in [9.17, 15) is 9.59 Å². The molecule has 1 unspecified atom stereocenters. The Kier molecular flexibility index (Phi) is 5.75. The Hall–Kier alpha value is -2.28.